The van der Waals surface area contributed by atoms with Crippen LogP contribution in [0.2, 0.25) is 0 Å². The molecule has 1 amide bonds. The Kier molecular flexibility index (Phi) is 7.85. The van der Waals surface area contributed by atoms with Crippen molar-refractivity contribution in [3.63, 3.8) is 0 Å². The highest BCUT2D eigenvalue weighted by Crippen LogP contribution is 2.14. The van der Waals surface area contributed by atoms with E-state index in [1.54, 1.807) is 0 Å². The molecule has 0 aliphatic carbocycles. The lowest BCUT2D eigenvalue weighted by Crippen LogP contribution is -2.52. The molecule has 0 unspecified atom stereocenters. The summed E-state index contributed by atoms with van der Waals surface area (Å²) in [6.45, 7) is 11.7. The molecule has 3 N–H and O–H groups in total. The van der Waals surface area contributed by atoms with Crippen molar-refractivity contribution in [1.82, 2.24) is 15.1 Å². The fourth-order valence-corrected chi connectivity index (χ4v) is 2.82. The number of aliphatic imine (C=N–C) groups is 1. The van der Waals surface area contributed by atoms with E-state index in [4.69, 9.17) is 5.73 Å². The molecule has 2 rings (SSSR count). The number of piperazine rings is 1. The number of guanidine groups is 1. The molecule has 1 fully saturated rings. The van der Waals surface area contributed by atoms with E-state index in [0.717, 1.165) is 45.2 Å². The number of primary amides is 1. The van der Waals surface area contributed by atoms with Crippen LogP contribution in [-0.4, -0.2) is 67.5 Å². The van der Waals surface area contributed by atoms with Crippen LogP contribution < -0.4 is 11.1 Å². The van der Waals surface area contributed by atoms with Crippen LogP contribution in [0, 0.1) is 5.41 Å². The molecule has 0 atom stereocenters. The van der Waals surface area contributed by atoms with Crippen molar-refractivity contribution in [1.29, 1.82) is 0 Å². The van der Waals surface area contributed by atoms with Gasteiger partial charge in [0, 0.05) is 39.3 Å². The summed E-state index contributed by atoms with van der Waals surface area (Å²) in [5, 5.41) is 3.33. The second kappa shape index (κ2) is 10.1. The van der Waals surface area contributed by atoms with Crippen molar-refractivity contribution in [3.8, 4) is 0 Å². The minimum absolute atomic E-state index is 0.322. The number of rotatable bonds is 7. The van der Waals surface area contributed by atoms with Crippen LogP contribution in [0.1, 0.15) is 26.3 Å². The molecule has 0 radical (unpaired) electrons. The molecular formula is C21H33N5O. The molecular weight excluding hydrogens is 338 g/mol. The van der Waals surface area contributed by atoms with E-state index < -0.39 is 5.41 Å². The zero-order valence-corrected chi connectivity index (χ0v) is 16.8. The maximum absolute atomic E-state index is 11.5. The summed E-state index contributed by atoms with van der Waals surface area (Å²) in [7, 11) is 0. The van der Waals surface area contributed by atoms with Gasteiger partial charge in [-0.25, -0.2) is 0 Å². The van der Waals surface area contributed by atoms with E-state index in [2.05, 4.69) is 63.5 Å². The summed E-state index contributed by atoms with van der Waals surface area (Å²) in [6.07, 6.45) is 4.39. The topological polar surface area (TPSA) is 74.0 Å². The minimum Gasteiger partial charge on any atom is -0.369 e. The largest absolute Gasteiger partial charge is 0.369 e. The molecule has 0 saturated carbocycles. The fraction of sp³-hybridized carbons (Fsp3) is 0.524. The van der Waals surface area contributed by atoms with Gasteiger partial charge in [0.2, 0.25) is 5.91 Å². The number of hydrogen-bond donors (Lipinski definition) is 2. The van der Waals surface area contributed by atoms with Gasteiger partial charge < -0.3 is 16.0 Å². The molecule has 27 heavy (non-hydrogen) atoms. The zero-order valence-electron chi connectivity index (χ0n) is 16.8. The number of nitrogens with zero attached hydrogens (tertiary/aromatic N) is 3. The molecule has 0 aromatic heterocycles. The SMILES string of the molecule is CCNC(=NCC(C)(C)C(N)=O)N1CCN(CC=Cc2ccccc2)CC1. The maximum atomic E-state index is 11.5. The molecule has 1 saturated heterocycles. The third kappa shape index (κ3) is 6.71. The predicted molar refractivity (Wildman–Crippen MR) is 112 cm³/mol. The summed E-state index contributed by atoms with van der Waals surface area (Å²) >= 11 is 0. The van der Waals surface area contributed by atoms with E-state index in [-0.39, 0.29) is 5.91 Å². The summed E-state index contributed by atoms with van der Waals surface area (Å²) < 4.78 is 0. The number of carbonyl (C=O) groups is 1. The number of amides is 1. The molecule has 0 bridgehead atoms. The van der Waals surface area contributed by atoms with Crippen molar-refractivity contribution < 1.29 is 4.79 Å². The van der Waals surface area contributed by atoms with E-state index in [9.17, 15) is 4.79 Å². The van der Waals surface area contributed by atoms with Gasteiger partial charge >= 0.3 is 0 Å². The van der Waals surface area contributed by atoms with Crippen LogP contribution in [0.5, 0.6) is 0 Å². The van der Waals surface area contributed by atoms with Crippen molar-refractivity contribution in [2.45, 2.75) is 20.8 Å². The van der Waals surface area contributed by atoms with Gasteiger partial charge in [-0.05, 0) is 26.3 Å². The van der Waals surface area contributed by atoms with Gasteiger partial charge in [0.05, 0.1) is 12.0 Å². The van der Waals surface area contributed by atoms with Gasteiger partial charge in [0.1, 0.15) is 0 Å². The normalized spacial score (nSPS) is 16.7. The van der Waals surface area contributed by atoms with Gasteiger partial charge in [-0.15, -0.1) is 0 Å². The highest BCUT2D eigenvalue weighted by molar-refractivity contribution is 5.82. The second-order valence-electron chi connectivity index (χ2n) is 7.52. The Labute approximate surface area is 163 Å². The predicted octanol–water partition coefficient (Wildman–Crippen LogP) is 1.79. The highest BCUT2D eigenvalue weighted by atomic mass is 16.1. The van der Waals surface area contributed by atoms with Crippen LogP contribution >= 0.6 is 0 Å². The Balaban J connectivity index is 1.86. The van der Waals surface area contributed by atoms with E-state index in [1.807, 2.05) is 19.9 Å². The lowest BCUT2D eigenvalue weighted by atomic mass is 9.93. The molecule has 1 aliphatic rings. The van der Waals surface area contributed by atoms with E-state index in [1.165, 1.54) is 5.56 Å². The van der Waals surface area contributed by atoms with Crippen LogP contribution in [-0.2, 0) is 4.79 Å². The quantitative estimate of drug-likeness (QED) is 0.566. The van der Waals surface area contributed by atoms with Crippen LogP contribution in [0.4, 0.5) is 0 Å². The summed E-state index contributed by atoms with van der Waals surface area (Å²) in [6, 6.07) is 10.4. The average molecular weight is 372 g/mol. The van der Waals surface area contributed by atoms with E-state index in [0.29, 0.717) is 6.54 Å². The Bertz CT molecular complexity index is 646. The van der Waals surface area contributed by atoms with Gasteiger partial charge in [-0.2, -0.15) is 0 Å². The molecule has 1 aromatic rings. The Hall–Kier alpha value is -2.34. The van der Waals surface area contributed by atoms with Crippen molar-refractivity contribution in [2.24, 2.45) is 16.1 Å². The van der Waals surface area contributed by atoms with Gasteiger partial charge in [0.25, 0.3) is 0 Å². The highest BCUT2D eigenvalue weighted by Gasteiger charge is 2.26. The minimum atomic E-state index is -0.634. The smallest absolute Gasteiger partial charge is 0.224 e. The Morgan fingerprint density at radius 3 is 2.48 bits per heavy atom. The van der Waals surface area contributed by atoms with Gasteiger partial charge in [-0.3, -0.25) is 14.7 Å². The van der Waals surface area contributed by atoms with Crippen molar-refractivity contribution >= 4 is 17.9 Å². The van der Waals surface area contributed by atoms with Gasteiger partial charge in [-0.1, -0.05) is 42.5 Å². The number of carbonyl (C=O) groups excluding carboxylic acids is 1. The molecule has 1 aliphatic heterocycles. The average Bonchev–Trinajstić information content (AvgIpc) is 2.66. The van der Waals surface area contributed by atoms with Crippen molar-refractivity contribution in [2.75, 3.05) is 45.8 Å². The lowest BCUT2D eigenvalue weighted by molar-refractivity contribution is -0.125. The third-order valence-electron chi connectivity index (χ3n) is 4.77. The first-order valence-electron chi connectivity index (χ1n) is 9.69. The molecule has 6 nitrogen and oxygen atoms in total. The standard InChI is InChI=1S/C21H33N5O/c1-4-23-20(24-17-21(2,3)19(22)27)26-15-13-25(14-16-26)12-8-11-18-9-6-5-7-10-18/h5-11H,4,12-17H2,1-3H3,(H2,22,27)(H,23,24). The maximum Gasteiger partial charge on any atom is 0.224 e. The molecule has 1 aromatic carbocycles. The Morgan fingerprint density at radius 1 is 1.22 bits per heavy atom. The van der Waals surface area contributed by atoms with Crippen LogP contribution in [0.15, 0.2) is 41.4 Å². The number of benzene rings is 1. The third-order valence-corrected chi connectivity index (χ3v) is 4.77. The first kappa shape index (κ1) is 21.0. The molecule has 1 heterocycles. The second-order valence-corrected chi connectivity index (χ2v) is 7.52. The molecule has 0 spiro atoms. The summed E-state index contributed by atoms with van der Waals surface area (Å²) in [5.41, 5.74) is 6.06. The van der Waals surface area contributed by atoms with Crippen LogP contribution in [0.25, 0.3) is 6.08 Å². The van der Waals surface area contributed by atoms with Gasteiger partial charge in [0.15, 0.2) is 5.96 Å². The zero-order chi connectivity index (χ0) is 19.7. The molecule has 6 heteroatoms. The first-order chi connectivity index (χ1) is 12.9. The number of nitrogens with two attached hydrogens (primary N) is 1. The summed E-state index contributed by atoms with van der Waals surface area (Å²) in [5.74, 6) is 0.545. The van der Waals surface area contributed by atoms with Crippen LogP contribution in [0.3, 0.4) is 0 Å². The lowest BCUT2D eigenvalue weighted by Gasteiger charge is -2.36. The summed E-state index contributed by atoms with van der Waals surface area (Å²) in [4.78, 5) is 20.9. The molecule has 148 valence electrons. The van der Waals surface area contributed by atoms with Crippen molar-refractivity contribution in [3.05, 3.63) is 42.0 Å². The Morgan fingerprint density at radius 2 is 1.89 bits per heavy atom. The number of nitrogens with one attached hydrogen (secondary N) is 1. The van der Waals surface area contributed by atoms with E-state index >= 15 is 0 Å². The monoisotopic (exact) mass is 371 g/mol. The fourth-order valence-electron chi connectivity index (χ4n) is 2.82. The number of hydrogen-bond acceptors (Lipinski definition) is 3. The first-order valence-corrected chi connectivity index (χ1v) is 9.69.